The molecule has 0 aliphatic heterocycles. The number of nitrogens with one attached hydrogen (secondary N) is 3. The van der Waals surface area contributed by atoms with Gasteiger partial charge in [-0.2, -0.15) is 0 Å². The summed E-state index contributed by atoms with van der Waals surface area (Å²) in [5.74, 6) is 7.44. The van der Waals surface area contributed by atoms with Crippen molar-refractivity contribution in [2.24, 2.45) is 11.7 Å². The van der Waals surface area contributed by atoms with E-state index in [-0.39, 0.29) is 6.42 Å². The molecular weight excluding hydrogens is 302 g/mol. The third-order valence-electron chi connectivity index (χ3n) is 2.69. The maximum atomic E-state index is 10.5. The van der Waals surface area contributed by atoms with E-state index >= 15 is 0 Å². The van der Waals surface area contributed by atoms with Crippen LogP contribution in [-0.2, 0) is 20.8 Å². The largest absolute Gasteiger partial charge is 0.481 e. The second-order valence-electron chi connectivity index (χ2n) is 4.28. The summed E-state index contributed by atoms with van der Waals surface area (Å²) < 4.78 is 0. The van der Waals surface area contributed by atoms with Crippen LogP contribution in [0, 0.1) is 0 Å². The number of H-pyrrole nitrogens is 1. The Morgan fingerprint density at radius 2 is 1.65 bits per heavy atom. The number of fused-ring (bicyclic) bond motifs is 1. The molecule has 1 aromatic heterocycles. The van der Waals surface area contributed by atoms with Gasteiger partial charge in [-0.3, -0.25) is 25.2 Å². The monoisotopic (exact) mass is 319 g/mol. The number of hydrogen-bond acceptors (Lipinski definition) is 5. The molecule has 0 aliphatic carbocycles. The smallest absolute Gasteiger partial charge is 0.307 e. The molecule has 0 spiro atoms. The van der Waals surface area contributed by atoms with Gasteiger partial charge >= 0.3 is 5.97 Å². The fraction of sp³-hybridized carbons (Fsp3) is 0.0714. The molecule has 122 valence electrons. The Balaban J connectivity index is 0.000000241. The Labute approximate surface area is 131 Å². The normalized spacial score (nSPS) is 10.0. The first-order valence-corrected chi connectivity index (χ1v) is 6.44. The van der Waals surface area contributed by atoms with E-state index in [2.05, 4.69) is 16.7 Å². The summed E-state index contributed by atoms with van der Waals surface area (Å²) in [7, 11) is 0. The molecule has 0 unspecified atom stereocenters. The number of hydrogen-bond donors (Lipinski definition) is 6. The molecule has 2 amide bonds. The second-order valence-corrected chi connectivity index (χ2v) is 4.28. The molecule has 0 radical (unpaired) electrons. The average molecular weight is 319 g/mol. The molecule has 1 aromatic carbocycles. The third kappa shape index (κ3) is 5.99. The zero-order valence-corrected chi connectivity index (χ0v) is 12.1. The van der Waals surface area contributed by atoms with Crippen molar-refractivity contribution in [3.05, 3.63) is 48.2 Å². The number of hydrazine groups is 2. The van der Waals surface area contributed by atoms with Gasteiger partial charge in [0, 0.05) is 29.3 Å². The number of carboxylic acid groups (broad SMARTS) is 1. The lowest BCUT2D eigenvalue weighted by atomic mass is 10.1. The van der Waals surface area contributed by atoms with Gasteiger partial charge in [0.25, 0.3) is 11.8 Å². The highest BCUT2D eigenvalue weighted by molar-refractivity contribution is 5.96. The molecular formula is C14H17N5O4. The number of carbonyl (C=O) groups is 3. The summed E-state index contributed by atoms with van der Waals surface area (Å²) in [5.41, 5.74) is 5.42. The molecule has 0 saturated heterocycles. The van der Waals surface area contributed by atoms with Gasteiger partial charge in [0.2, 0.25) is 0 Å². The molecule has 0 atom stereocenters. The van der Waals surface area contributed by atoms with Crippen molar-refractivity contribution in [2.75, 3.05) is 0 Å². The molecule has 0 saturated carbocycles. The number of rotatable bonds is 4. The molecule has 2 aromatic rings. The van der Waals surface area contributed by atoms with Crippen molar-refractivity contribution in [3.63, 3.8) is 0 Å². The number of aromatic amines is 1. The fourth-order valence-corrected chi connectivity index (χ4v) is 1.69. The number of amides is 2. The molecule has 2 rings (SSSR count). The molecule has 0 aliphatic rings. The number of benzene rings is 1. The van der Waals surface area contributed by atoms with Gasteiger partial charge in [-0.15, -0.1) is 0 Å². The summed E-state index contributed by atoms with van der Waals surface area (Å²) in [6, 6.07) is 7.68. The Morgan fingerprint density at radius 3 is 2.17 bits per heavy atom. The van der Waals surface area contributed by atoms with Crippen LogP contribution in [0.15, 0.2) is 42.6 Å². The standard InChI is InChI=1S/C10H9NO2.C4H8N4O2/c12-10(13)5-7-6-11-9-4-2-1-3-8(7)9;5-7-3(9)1-2-4(10)8-6/h1-4,6,11H,5H2,(H,12,13);1-2H,5-6H2,(H,7,9)(H,8,10)/b;2-1-. The molecule has 1 heterocycles. The predicted octanol–water partition coefficient (Wildman–Crippen LogP) is -0.683. The van der Waals surface area contributed by atoms with Crippen molar-refractivity contribution < 1.29 is 19.5 Å². The minimum absolute atomic E-state index is 0.0734. The summed E-state index contributed by atoms with van der Waals surface area (Å²) >= 11 is 0. The van der Waals surface area contributed by atoms with Crippen LogP contribution in [0.25, 0.3) is 10.9 Å². The van der Waals surface area contributed by atoms with Gasteiger partial charge in [0.15, 0.2) is 0 Å². The second kappa shape index (κ2) is 8.97. The van der Waals surface area contributed by atoms with Crippen molar-refractivity contribution in [3.8, 4) is 0 Å². The van der Waals surface area contributed by atoms with Gasteiger partial charge in [0.05, 0.1) is 6.42 Å². The lowest BCUT2D eigenvalue weighted by molar-refractivity contribution is -0.136. The van der Waals surface area contributed by atoms with Crippen LogP contribution in [0.1, 0.15) is 5.56 Å². The Morgan fingerprint density at radius 1 is 1.09 bits per heavy atom. The van der Waals surface area contributed by atoms with Crippen LogP contribution < -0.4 is 22.5 Å². The molecule has 23 heavy (non-hydrogen) atoms. The highest BCUT2D eigenvalue weighted by Gasteiger charge is 2.05. The van der Waals surface area contributed by atoms with Gasteiger partial charge < -0.3 is 10.1 Å². The van der Waals surface area contributed by atoms with E-state index in [0.717, 1.165) is 28.6 Å². The van der Waals surface area contributed by atoms with Gasteiger partial charge in [0.1, 0.15) is 0 Å². The van der Waals surface area contributed by atoms with Crippen molar-refractivity contribution in [1.29, 1.82) is 0 Å². The van der Waals surface area contributed by atoms with E-state index in [1.807, 2.05) is 24.3 Å². The SMILES string of the molecule is NNC(=O)/C=C\C(=O)NN.O=C(O)Cc1c[nH]c2ccccc12. The number of nitrogens with two attached hydrogens (primary N) is 2. The van der Waals surface area contributed by atoms with Crippen molar-refractivity contribution in [2.45, 2.75) is 6.42 Å². The minimum atomic E-state index is -0.801. The third-order valence-corrected chi connectivity index (χ3v) is 2.69. The van der Waals surface area contributed by atoms with E-state index in [1.54, 1.807) is 17.0 Å². The van der Waals surface area contributed by atoms with Crippen LogP contribution >= 0.6 is 0 Å². The molecule has 9 heteroatoms. The molecule has 8 N–H and O–H groups in total. The first-order chi connectivity index (χ1) is 11.0. The first kappa shape index (κ1) is 17.9. The number of aromatic nitrogens is 1. The topological polar surface area (TPSA) is 163 Å². The van der Waals surface area contributed by atoms with Gasteiger partial charge in [-0.05, 0) is 11.6 Å². The van der Waals surface area contributed by atoms with Gasteiger partial charge in [-0.25, -0.2) is 11.7 Å². The molecule has 0 bridgehead atoms. The maximum absolute atomic E-state index is 10.5. The lowest BCUT2D eigenvalue weighted by Crippen LogP contribution is -2.30. The fourth-order valence-electron chi connectivity index (χ4n) is 1.69. The van der Waals surface area contributed by atoms with Crippen LogP contribution in [0.2, 0.25) is 0 Å². The molecule has 9 nitrogen and oxygen atoms in total. The molecule has 0 fully saturated rings. The summed E-state index contributed by atoms with van der Waals surface area (Å²) in [6.45, 7) is 0. The summed E-state index contributed by atoms with van der Waals surface area (Å²) in [4.78, 5) is 34.1. The Hall–Kier alpha value is -3.17. The average Bonchev–Trinajstić information content (AvgIpc) is 2.95. The quantitative estimate of drug-likeness (QED) is 0.189. The number of aliphatic carboxylic acids is 1. The first-order valence-electron chi connectivity index (χ1n) is 6.44. The van der Waals surface area contributed by atoms with E-state index in [4.69, 9.17) is 5.11 Å². The highest BCUT2D eigenvalue weighted by Crippen LogP contribution is 2.17. The predicted molar refractivity (Wildman–Crippen MR) is 83.4 cm³/mol. The van der Waals surface area contributed by atoms with E-state index in [9.17, 15) is 14.4 Å². The minimum Gasteiger partial charge on any atom is -0.481 e. The van der Waals surface area contributed by atoms with Crippen LogP contribution in [-0.4, -0.2) is 27.9 Å². The summed E-state index contributed by atoms with van der Waals surface area (Å²) in [5, 5.41) is 9.62. The Kier molecular flexibility index (Phi) is 6.98. The van der Waals surface area contributed by atoms with Crippen molar-refractivity contribution >= 4 is 28.7 Å². The van der Waals surface area contributed by atoms with Crippen LogP contribution in [0.5, 0.6) is 0 Å². The number of carboxylic acids is 1. The van der Waals surface area contributed by atoms with E-state index in [1.165, 1.54) is 0 Å². The van der Waals surface area contributed by atoms with Crippen LogP contribution in [0.4, 0.5) is 0 Å². The van der Waals surface area contributed by atoms with Crippen molar-refractivity contribution in [1.82, 2.24) is 15.8 Å². The summed E-state index contributed by atoms with van der Waals surface area (Å²) in [6.07, 6.45) is 3.74. The lowest BCUT2D eigenvalue weighted by Gasteiger charge is -1.92. The maximum Gasteiger partial charge on any atom is 0.307 e. The highest BCUT2D eigenvalue weighted by atomic mass is 16.4. The number of carbonyl (C=O) groups excluding carboxylic acids is 2. The van der Waals surface area contributed by atoms with E-state index in [0.29, 0.717) is 0 Å². The zero-order chi connectivity index (χ0) is 17.2. The zero-order valence-electron chi connectivity index (χ0n) is 12.1. The number of para-hydroxylation sites is 1. The van der Waals surface area contributed by atoms with Gasteiger partial charge in [-0.1, -0.05) is 18.2 Å². The van der Waals surface area contributed by atoms with E-state index < -0.39 is 17.8 Å². The van der Waals surface area contributed by atoms with Crippen LogP contribution in [0.3, 0.4) is 0 Å². The Bertz CT molecular complexity index is 705.